The highest BCUT2D eigenvalue weighted by Gasteiger charge is 2.35. The molecule has 1 aromatic rings. The number of aliphatic hydroxyl groups excluding tert-OH is 1. The van der Waals surface area contributed by atoms with E-state index < -0.39 is 90.8 Å². The molecular weight excluding hydrogens is 611 g/mol. The van der Waals surface area contributed by atoms with E-state index in [0.29, 0.717) is 12.0 Å². The number of methoxy groups -OCH3 is 2. The van der Waals surface area contributed by atoms with Gasteiger partial charge < -0.3 is 40.6 Å². The average Bonchev–Trinajstić information content (AvgIpc) is 3.05. The van der Waals surface area contributed by atoms with Gasteiger partial charge in [0.1, 0.15) is 37.4 Å². The zero-order valence-electron chi connectivity index (χ0n) is 26.5. The third kappa shape index (κ3) is 13.6. The number of hydrogen-bond acceptors (Lipinski definition) is 11. The number of rotatable bonds is 19. The molecule has 0 saturated carbocycles. The summed E-state index contributed by atoms with van der Waals surface area (Å²) in [6, 6.07) is 2.77. The maximum Gasteiger partial charge on any atom is 0.408 e. The predicted octanol–water partition coefficient (Wildman–Crippen LogP) is 0.218. The van der Waals surface area contributed by atoms with E-state index in [1.54, 1.807) is 44.2 Å². The number of halogens is 1. The van der Waals surface area contributed by atoms with Gasteiger partial charge >= 0.3 is 18.0 Å². The lowest BCUT2D eigenvalue weighted by atomic mass is 9.97. The Bertz CT molecular complexity index is 1200. The van der Waals surface area contributed by atoms with Gasteiger partial charge in [0.05, 0.1) is 26.7 Å². The average molecular weight is 655 g/mol. The van der Waals surface area contributed by atoms with Crippen LogP contribution in [-0.4, -0.2) is 97.8 Å². The Labute approximate surface area is 266 Å². The molecule has 0 bridgehead atoms. The normalized spacial score (nSPS) is 14.6. The number of nitrogens with one attached hydrogen (secondary N) is 4. The number of amides is 4. The fraction of sp³-hybridized carbons (Fsp3) is 0.567. The quantitative estimate of drug-likeness (QED) is 0.100. The van der Waals surface area contributed by atoms with Crippen LogP contribution in [-0.2, 0) is 49.6 Å². The number of alkyl halides is 1. The van der Waals surface area contributed by atoms with E-state index in [-0.39, 0.29) is 19.4 Å². The summed E-state index contributed by atoms with van der Waals surface area (Å²) in [5, 5.41) is 19.6. The van der Waals surface area contributed by atoms with Crippen molar-refractivity contribution >= 4 is 41.5 Å². The van der Waals surface area contributed by atoms with Crippen molar-refractivity contribution in [2.24, 2.45) is 5.92 Å². The van der Waals surface area contributed by atoms with Crippen LogP contribution in [0.5, 0.6) is 0 Å². The number of carbonyl (C=O) groups is 7. The first-order chi connectivity index (χ1) is 21.8. The molecule has 0 radical (unpaired) electrons. The fourth-order valence-corrected chi connectivity index (χ4v) is 4.00. The molecule has 0 aromatic heterocycles. The van der Waals surface area contributed by atoms with Crippen LogP contribution in [0.15, 0.2) is 30.3 Å². The molecule has 46 heavy (non-hydrogen) atoms. The first-order valence-electron chi connectivity index (χ1n) is 14.6. The number of benzene rings is 1. The highest BCUT2D eigenvalue weighted by Crippen LogP contribution is 2.11. The van der Waals surface area contributed by atoms with E-state index in [0.717, 1.165) is 21.1 Å². The molecule has 0 saturated heterocycles. The molecule has 0 heterocycles. The smallest absolute Gasteiger partial charge is 0.408 e. The maximum absolute atomic E-state index is 13.4. The third-order valence-corrected chi connectivity index (χ3v) is 6.98. The first kappa shape index (κ1) is 39.4. The fourth-order valence-electron chi connectivity index (χ4n) is 4.00. The van der Waals surface area contributed by atoms with E-state index in [2.05, 4.69) is 30.7 Å². The van der Waals surface area contributed by atoms with E-state index in [9.17, 15) is 43.1 Å². The highest BCUT2D eigenvalue weighted by atomic mass is 19.1. The lowest BCUT2D eigenvalue weighted by molar-refractivity contribution is -0.144. The Kier molecular flexibility index (Phi) is 17.5. The van der Waals surface area contributed by atoms with Gasteiger partial charge in [-0.1, -0.05) is 50.6 Å². The number of esters is 2. The number of ether oxygens (including phenoxy) is 3. The Hall–Kier alpha value is -4.60. The number of hydrogen-bond donors (Lipinski definition) is 5. The van der Waals surface area contributed by atoms with E-state index in [1.165, 1.54) is 0 Å². The lowest BCUT2D eigenvalue weighted by Gasteiger charge is -2.28. The first-order valence-corrected chi connectivity index (χ1v) is 14.6. The minimum atomic E-state index is -1.74. The van der Waals surface area contributed by atoms with Crippen molar-refractivity contribution in [2.75, 3.05) is 20.9 Å². The SMILES string of the molecule is CC[C@H](C)[C@H](NC(=O)OCc1ccccc1)C(=O)N[C@@H](CCC(=O)OC)C(=O)N[C@H](C(=O)NC(CC(=O)OC)C(=O)CF)[C@@H](C)O. The zero-order chi connectivity index (χ0) is 34.8. The summed E-state index contributed by atoms with van der Waals surface area (Å²) in [4.78, 5) is 87.8. The van der Waals surface area contributed by atoms with E-state index in [4.69, 9.17) is 4.74 Å². The van der Waals surface area contributed by atoms with Gasteiger partial charge in [0.25, 0.3) is 0 Å². The van der Waals surface area contributed by atoms with Crippen molar-refractivity contribution in [3.05, 3.63) is 35.9 Å². The van der Waals surface area contributed by atoms with E-state index >= 15 is 0 Å². The van der Waals surface area contributed by atoms with Crippen LogP contribution in [0.2, 0.25) is 0 Å². The summed E-state index contributed by atoms with van der Waals surface area (Å²) in [6.45, 7) is 3.02. The molecule has 1 unspecified atom stereocenters. The monoisotopic (exact) mass is 654 g/mol. The molecule has 6 atom stereocenters. The van der Waals surface area contributed by atoms with Crippen LogP contribution in [0.3, 0.4) is 0 Å². The van der Waals surface area contributed by atoms with Crippen LogP contribution < -0.4 is 21.3 Å². The lowest BCUT2D eigenvalue weighted by Crippen LogP contribution is -2.60. The Morgan fingerprint density at radius 3 is 1.93 bits per heavy atom. The molecule has 1 aromatic carbocycles. The topological polar surface area (TPSA) is 216 Å². The second-order valence-electron chi connectivity index (χ2n) is 10.4. The van der Waals surface area contributed by atoms with Crippen LogP contribution in [0.25, 0.3) is 0 Å². The highest BCUT2D eigenvalue weighted by molar-refractivity contribution is 5.97. The van der Waals surface area contributed by atoms with E-state index in [1.807, 2.05) is 0 Å². The summed E-state index contributed by atoms with van der Waals surface area (Å²) in [5.41, 5.74) is 0.712. The number of aliphatic hydroxyl groups is 1. The molecule has 15 nitrogen and oxygen atoms in total. The molecule has 0 aliphatic carbocycles. The molecular formula is C30H43FN4O11. The van der Waals surface area contributed by atoms with Crippen LogP contribution >= 0.6 is 0 Å². The zero-order valence-corrected chi connectivity index (χ0v) is 26.5. The van der Waals surface area contributed by atoms with Gasteiger partial charge in [0.2, 0.25) is 17.7 Å². The summed E-state index contributed by atoms with van der Waals surface area (Å²) >= 11 is 0. The Balaban J connectivity index is 3.14. The van der Waals surface area contributed by atoms with Crippen molar-refractivity contribution in [1.82, 2.24) is 21.3 Å². The number of carbonyl (C=O) groups excluding carboxylic acids is 7. The molecule has 0 spiro atoms. The standard InChI is InChI=1S/C30H43FN4O11/c1-6-17(2)25(35-30(43)46-16-19-10-8-7-9-11-19)28(41)32-20(12-13-23(38)44-4)27(40)34-26(18(3)36)29(42)33-21(22(37)15-31)14-24(39)45-5/h7-11,17-18,20-21,25-26,36H,6,12-16H2,1-5H3,(H,32,41)(H,33,42)(H,34,40)(H,35,43)/t17-,18+,20-,21?,25-,26-/m0/s1. The number of ketones is 1. The molecule has 0 fully saturated rings. The second-order valence-corrected chi connectivity index (χ2v) is 10.4. The largest absolute Gasteiger partial charge is 0.469 e. The van der Waals surface area contributed by atoms with Crippen molar-refractivity contribution in [3.8, 4) is 0 Å². The van der Waals surface area contributed by atoms with Gasteiger partial charge in [-0.15, -0.1) is 0 Å². The van der Waals surface area contributed by atoms with Gasteiger partial charge in [-0.05, 0) is 24.8 Å². The van der Waals surface area contributed by atoms with Crippen molar-refractivity contribution in [3.63, 3.8) is 0 Å². The van der Waals surface area contributed by atoms with Gasteiger partial charge in [0.15, 0.2) is 5.78 Å². The Morgan fingerprint density at radius 2 is 1.39 bits per heavy atom. The van der Waals surface area contributed by atoms with Crippen LogP contribution in [0, 0.1) is 5.92 Å². The summed E-state index contributed by atoms with van der Waals surface area (Å²) < 4.78 is 27.4. The summed E-state index contributed by atoms with van der Waals surface area (Å²) in [6.07, 6.45) is -3.39. The Morgan fingerprint density at radius 1 is 0.804 bits per heavy atom. The second kappa shape index (κ2) is 20.4. The van der Waals surface area contributed by atoms with Gasteiger partial charge in [-0.25, -0.2) is 9.18 Å². The predicted molar refractivity (Wildman–Crippen MR) is 159 cm³/mol. The molecule has 4 amide bonds. The van der Waals surface area contributed by atoms with Gasteiger partial charge in [0, 0.05) is 6.42 Å². The minimum absolute atomic E-state index is 0.0636. The summed E-state index contributed by atoms with van der Waals surface area (Å²) in [5.74, 6) is -6.20. The molecule has 0 aliphatic rings. The van der Waals surface area contributed by atoms with Gasteiger partial charge in [-0.3, -0.25) is 28.8 Å². The van der Waals surface area contributed by atoms with Crippen molar-refractivity contribution in [2.45, 2.75) is 83.3 Å². The third-order valence-electron chi connectivity index (χ3n) is 6.98. The minimum Gasteiger partial charge on any atom is -0.469 e. The molecule has 1 rings (SSSR count). The van der Waals surface area contributed by atoms with Crippen molar-refractivity contribution < 1.29 is 57.3 Å². The molecule has 0 aliphatic heterocycles. The number of alkyl carbamates (subject to hydrolysis) is 1. The molecule has 256 valence electrons. The van der Waals surface area contributed by atoms with Crippen LogP contribution in [0.4, 0.5) is 9.18 Å². The summed E-state index contributed by atoms with van der Waals surface area (Å²) in [7, 11) is 2.15. The van der Waals surface area contributed by atoms with Crippen molar-refractivity contribution in [1.29, 1.82) is 0 Å². The molecule has 16 heteroatoms. The molecule has 5 N–H and O–H groups in total. The van der Waals surface area contributed by atoms with Gasteiger partial charge in [-0.2, -0.15) is 0 Å². The number of Topliss-reactive ketones (excluding diaryl/α,β-unsaturated/α-hetero) is 1. The van der Waals surface area contributed by atoms with Crippen LogP contribution in [0.1, 0.15) is 52.0 Å². The maximum atomic E-state index is 13.4.